The Labute approximate surface area is 671 Å². The quantitative estimate of drug-likeness (QED) is 0.0207. The lowest BCUT2D eigenvalue weighted by Gasteiger charge is -2.46. The second kappa shape index (κ2) is 42.2. The van der Waals surface area contributed by atoms with Crippen molar-refractivity contribution < 1.29 is 50.3 Å². The molecular formula is C101H144O10. The van der Waals surface area contributed by atoms with Crippen LogP contribution in [-0.2, 0) is 38.5 Å². The molecule has 8 N–H and O–H groups in total. The van der Waals surface area contributed by atoms with Crippen LogP contribution in [-0.4, -0.2) is 52.1 Å². The molecule has 0 radical (unpaired) electrons. The second-order valence-corrected chi connectivity index (χ2v) is 35.0. The van der Waals surface area contributed by atoms with Crippen molar-refractivity contribution in [3.05, 3.63) is 210 Å². The molecule has 0 saturated carbocycles. The minimum Gasteiger partial charge on any atom is -0.508 e. The van der Waals surface area contributed by atoms with Gasteiger partial charge in [-0.2, -0.15) is 0 Å². The van der Waals surface area contributed by atoms with Gasteiger partial charge in [0.2, 0.25) is 0 Å². The molecule has 5 aromatic rings. The maximum Gasteiger partial charge on any atom is 0.127 e. The fraction of sp³-hybridized carbons (Fsp3) is 0.545. The number of hydrogen-bond acceptors (Lipinski definition) is 10. The number of aryl methyl sites for hydroxylation is 5. The van der Waals surface area contributed by atoms with Crippen molar-refractivity contribution >= 4 is 0 Å². The van der Waals surface area contributed by atoms with Gasteiger partial charge in [-0.05, 0) is 312 Å². The van der Waals surface area contributed by atoms with Crippen molar-refractivity contribution in [3.8, 4) is 57.5 Å². The van der Waals surface area contributed by atoms with Gasteiger partial charge in [-0.1, -0.05) is 180 Å². The summed E-state index contributed by atoms with van der Waals surface area (Å²) < 4.78 is 12.7. The number of aromatic hydroxyl groups is 8. The first-order valence-electron chi connectivity index (χ1n) is 42.7. The largest absolute Gasteiger partial charge is 0.508 e. The van der Waals surface area contributed by atoms with Crippen LogP contribution in [0.5, 0.6) is 57.5 Å². The molecule has 0 aromatic heterocycles. The zero-order valence-corrected chi connectivity index (χ0v) is 71.8. The third-order valence-electron chi connectivity index (χ3n) is 24.2. The Hall–Kier alpha value is -7.98. The Morgan fingerprint density at radius 2 is 0.694 bits per heavy atom. The lowest BCUT2D eigenvalue weighted by atomic mass is 9.68. The number of ether oxygens (including phenoxy) is 2. The molecule has 0 spiro atoms. The van der Waals surface area contributed by atoms with Crippen molar-refractivity contribution in [1.82, 2.24) is 0 Å². The number of hydrogen-bond donors (Lipinski definition) is 8. The van der Waals surface area contributed by atoms with Gasteiger partial charge in [0.25, 0.3) is 0 Å². The van der Waals surface area contributed by atoms with Gasteiger partial charge in [0.15, 0.2) is 0 Å². The minimum absolute atomic E-state index is 0.0194. The van der Waals surface area contributed by atoms with E-state index in [1.807, 2.05) is 38.1 Å². The zero-order chi connectivity index (χ0) is 81.6. The van der Waals surface area contributed by atoms with E-state index in [1.165, 1.54) is 89.5 Å². The first-order chi connectivity index (χ1) is 52.6. The third-order valence-corrected chi connectivity index (χ3v) is 24.2. The highest BCUT2D eigenvalue weighted by molar-refractivity contribution is 5.57. The van der Waals surface area contributed by atoms with E-state index in [0.717, 1.165) is 172 Å². The summed E-state index contributed by atoms with van der Waals surface area (Å²) in [6.07, 6.45) is 42.0. The molecule has 4 aliphatic carbocycles. The number of fused-ring (bicyclic) bond motifs is 6. The normalized spacial score (nSPS) is 21.1. The highest BCUT2D eigenvalue weighted by atomic mass is 16.5. The number of rotatable bonds is 25. The Morgan fingerprint density at radius 3 is 1.03 bits per heavy atom. The summed E-state index contributed by atoms with van der Waals surface area (Å²) in [6, 6.07) is 19.1. The average molecular weight is 1520 g/mol. The Morgan fingerprint density at radius 1 is 0.387 bits per heavy atom. The maximum absolute atomic E-state index is 10.7. The van der Waals surface area contributed by atoms with Gasteiger partial charge in [-0.3, -0.25) is 0 Å². The first kappa shape index (κ1) is 90.2. The SMILES string of the molecule is C=C(C)[C@@H]1CCC(C)=C[C@H]1c1c(O)cc(CCC)cc1O.C=C(C)[C@@H]1CCC(C)=C[C@H]1c1c(O)cc(CCCCC)cc1O.CCCCCc1cc(O)c(C/C=C(\C)CCC=C(C)C)c(O)c1.CCCCCc1cc(O)c2c(c1)OC(C)(C)[C@@H]1CCC(C)=C[C@@H]21.CCCc1cc(O)c2c(c1)OC(C)(C)[C@@H]1CCC(C)=C[C@@H]21. The predicted molar refractivity (Wildman–Crippen MR) is 465 cm³/mol. The number of benzene rings is 5. The third kappa shape index (κ3) is 25.0. The van der Waals surface area contributed by atoms with Crippen LogP contribution in [0.15, 0.2) is 155 Å². The van der Waals surface area contributed by atoms with Crippen LogP contribution in [0.2, 0.25) is 0 Å². The van der Waals surface area contributed by atoms with Gasteiger partial charge in [0.1, 0.15) is 68.7 Å². The summed E-state index contributed by atoms with van der Waals surface area (Å²) in [5.74, 6) is 5.95. The molecule has 10 heteroatoms. The molecule has 6 aliphatic rings. The zero-order valence-electron chi connectivity index (χ0n) is 71.8. The Balaban J connectivity index is 0.000000193. The van der Waals surface area contributed by atoms with Crippen molar-refractivity contribution in [1.29, 1.82) is 0 Å². The van der Waals surface area contributed by atoms with Crippen molar-refractivity contribution in [2.45, 2.75) is 333 Å². The highest BCUT2D eigenvalue weighted by Gasteiger charge is 2.47. The maximum atomic E-state index is 10.7. The van der Waals surface area contributed by atoms with Gasteiger partial charge >= 0.3 is 0 Å². The van der Waals surface area contributed by atoms with E-state index in [9.17, 15) is 40.9 Å². The van der Waals surface area contributed by atoms with E-state index in [-0.39, 0.29) is 81.2 Å². The summed E-state index contributed by atoms with van der Waals surface area (Å²) in [7, 11) is 0. The van der Waals surface area contributed by atoms with Crippen LogP contribution in [0.3, 0.4) is 0 Å². The number of allylic oxidation sites excluding steroid dienone is 14. The molecule has 0 saturated heterocycles. The summed E-state index contributed by atoms with van der Waals surface area (Å²) >= 11 is 0. The molecule has 111 heavy (non-hydrogen) atoms. The summed E-state index contributed by atoms with van der Waals surface area (Å²) in [4.78, 5) is 0. The summed E-state index contributed by atoms with van der Waals surface area (Å²) in [5.41, 5.74) is 19.3. The van der Waals surface area contributed by atoms with Crippen LogP contribution in [0.1, 0.15) is 339 Å². The molecule has 2 heterocycles. The summed E-state index contributed by atoms with van der Waals surface area (Å²) in [5, 5.41) is 83.5. The smallest absolute Gasteiger partial charge is 0.127 e. The average Bonchev–Trinajstić information content (AvgIpc) is 0.747. The lowest BCUT2D eigenvalue weighted by Crippen LogP contribution is -2.45. The number of phenolic OH excluding ortho intramolecular Hbond substituents is 8. The molecular weight excluding hydrogens is 1370 g/mol. The Kier molecular flexibility index (Phi) is 34.3. The molecule has 8 atom stereocenters. The molecule has 0 amide bonds. The predicted octanol–water partition coefficient (Wildman–Crippen LogP) is 27.7. The molecule has 11 rings (SSSR count). The van der Waals surface area contributed by atoms with Crippen LogP contribution >= 0.6 is 0 Å². The molecule has 0 fully saturated rings. The number of phenols is 8. The topological polar surface area (TPSA) is 180 Å². The molecule has 10 nitrogen and oxygen atoms in total. The molecule has 5 aromatic carbocycles. The lowest BCUT2D eigenvalue weighted by molar-refractivity contribution is 0.0104. The van der Waals surface area contributed by atoms with E-state index in [4.69, 9.17) is 9.47 Å². The summed E-state index contributed by atoms with van der Waals surface area (Å²) in [6.45, 7) is 46.8. The monoisotopic (exact) mass is 1520 g/mol. The van der Waals surface area contributed by atoms with Gasteiger partial charge < -0.3 is 50.3 Å². The Bertz CT molecular complexity index is 4070. The van der Waals surface area contributed by atoms with Crippen LogP contribution < -0.4 is 9.47 Å². The molecule has 0 bridgehead atoms. The van der Waals surface area contributed by atoms with E-state index >= 15 is 0 Å². The van der Waals surface area contributed by atoms with Crippen molar-refractivity contribution in [3.63, 3.8) is 0 Å². The molecule has 2 aliphatic heterocycles. The van der Waals surface area contributed by atoms with E-state index in [2.05, 4.69) is 173 Å². The van der Waals surface area contributed by atoms with Crippen LogP contribution in [0, 0.1) is 23.7 Å². The van der Waals surface area contributed by atoms with E-state index in [1.54, 1.807) is 24.3 Å². The van der Waals surface area contributed by atoms with Crippen LogP contribution in [0.4, 0.5) is 0 Å². The van der Waals surface area contributed by atoms with Gasteiger partial charge in [-0.25, -0.2) is 0 Å². The van der Waals surface area contributed by atoms with Gasteiger partial charge in [0, 0.05) is 63.3 Å². The van der Waals surface area contributed by atoms with E-state index < -0.39 is 0 Å². The molecule has 608 valence electrons. The van der Waals surface area contributed by atoms with Crippen LogP contribution in [0.25, 0.3) is 0 Å². The standard InChI is InChI=1S/2C21H30O2.C21H32O2.2C19H26O2/c1-5-6-7-8-15-12-18(22)20-16-11-14(2)9-10-17(16)21(3,4)23-19(20)13-15;1-5-6-7-8-16-12-19(22)21(20(23)13-16)18-11-15(4)9-10-17(18)14(2)3;1-5-6-7-11-18-14-20(22)19(21(23)15-18)13-12-17(4)10-8-9-16(2)3;1-5-6-13-10-16(20)18-14-9-12(2)7-8-15(14)19(3,4)21-17(18)11-13;1-5-6-14-10-17(20)19(18(21)11-14)16-9-13(4)7-8-15(16)12(2)3/h11-13,16-17,22H,5-10H2,1-4H3;11-13,17-18,22-23H,2,5-10H2,1,3-4H3;9,12,14-15,22-23H,5-8,10-11,13H2,1-4H3;9-11,14-15,20H,5-8H2,1-4H3;9-11,15-16,20-21H,2,5-8H2,1,3-4H3/b;;17-12+;;/t16-,17-;17-,18+;;14-,15-;15-,16+/m10.10/s1. The first-order valence-corrected chi connectivity index (χ1v) is 42.7. The van der Waals surface area contributed by atoms with Crippen molar-refractivity contribution in [2.75, 3.05) is 0 Å². The van der Waals surface area contributed by atoms with E-state index in [0.29, 0.717) is 46.4 Å². The number of unbranched alkanes of at least 4 members (excludes halogenated alkanes) is 6. The second-order valence-electron chi connectivity index (χ2n) is 35.0. The fourth-order valence-corrected chi connectivity index (χ4v) is 17.9. The van der Waals surface area contributed by atoms with Crippen molar-refractivity contribution in [2.24, 2.45) is 23.7 Å². The van der Waals surface area contributed by atoms with Gasteiger partial charge in [-0.15, -0.1) is 0 Å². The minimum atomic E-state index is -0.177. The fourth-order valence-electron chi connectivity index (χ4n) is 17.9. The molecule has 0 unspecified atom stereocenters. The highest BCUT2D eigenvalue weighted by Crippen LogP contribution is 2.56. The van der Waals surface area contributed by atoms with Gasteiger partial charge in [0.05, 0.1) is 0 Å².